The predicted molar refractivity (Wildman–Crippen MR) is 76.2 cm³/mol. The SMILES string of the molecule is CCCNCc1ccc(Sc2ncc[nH]2)c(Cl)c1. The second-order valence-corrected chi connectivity index (χ2v) is 5.38. The minimum Gasteiger partial charge on any atom is -0.339 e. The maximum absolute atomic E-state index is 6.27. The predicted octanol–water partition coefficient (Wildman–Crippen LogP) is 3.71. The lowest BCUT2D eigenvalue weighted by molar-refractivity contribution is 0.675. The number of hydrogen-bond acceptors (Lipinski definition) is 3. The number of imidazole rings is 1. The average molecular weight is 282 g/mol. The van der Waals surface area contributed by atoms with Gasteiger partial charge in [0.2, 0.25) is 0 Å². The van der Waals surface area contributed by atoms with E-state index in [-0.39, 0.29) is 0 Å². The highest BCUT2D eigenvalue weighted by molar-refractivity contribution is 7.99. The Bertz CT molecular complexity index is 485. The molecule has 0 fully saturated rings. The van der Waals surface area contributed by atoms with Crippen molar-refractivity contribution in [2.45, 2.75) is 29.9 Å². The quantitative estimate of drug-likeness (QED) is 0.793. The summed E-state index contributed by atoms with van der Waals surface area (Å²) >= 11 is 7.81. The zero-order valence-electron chi connectivity index (χ0n) is 10.2. The number of benzene rings is 1. The largest absolute Gasteiger partial charge is 0.339 e. The Morgan fingerprint density at radius 1 is 1.44 bits per heavy atom. The fourth-order valence-corrected chi connectivity index (χ4v) is 2.62. The molecule has 3 nitrogen and oxygen atoms in total. The fraction of sp³-hybridized carbons (Fsp3) is 0.308. The maximum Gasteiger partial charge on any atom is 0.170 e. The molecule has 0 amide bonds. The molecule has 2 aromatic rings. The first-order valence-corrected chi connectivity index (χ1v) is 7.15. The van der Waals surface area contributed by atoms with Crippen molar-refractivity contribution in [3.63, 3.8) is 0 Å². The van der Waals surface area contributed by atoms with E-state index in [1.807, 2.05) is 12.1 Å². The summed E-state index contributed by atoms with van der Waals surface area (Å²) in [7, 11) is 0. The average Bonchev–Trinajstić information content (AvgIpc) is 2.86. The van der Waals surface area contributed by atoms with Crippen LogP contribution in [0.2, 0.25) is 5.02 Å². The number of rotatable bonds is 6. The van der Waals surface area contributed by atoms with Crippen LogP contribution in [0, 0.1) is 0 Å². The number of aromatic amines is 1. The minimum atomic E-state index is 0.771. The first-order valence-electron chi connectivity index (χ1n) is 5.96. The van der Waals surface area contributed by atoms with E-state index in [1.54, 1.807) is 12.4 Å². The van der Waals surface area contributed by atoms with Gasteiger partial charge in [-0.05, 0) is 30.7 Å². The molecule has 0 bridgehead atoms. The van der Waals surface area contributed by atoms with Crippen LogP contribution in [0.5, 0.6) is 0 Å². The molecule has 0 spiro atoms. The first kappa shape index (κ1) is 13.5. The highest BCUT2D eigenvalue weighted by Gasteiger charge is 2.05. The lowest BCUT2D eigenvalue weighted by Gasteiger charge is -2.06. The molecule has 96 valence electrons. The summed E-state index contributed by atoms with van der Waals surface area (Å²) in [6.07, 6.45) is 4.68. The number of hydrogen-bond donors (Lipinski definition) is 2. The van der Waals surface area contributed by atoms with Crippen LogP contribution in [0.25, 0.3) is 0 Å². The molecule has 0 saturated carbocycles. The molecule has 2 rings (SSSR count). The third kappa shape index (κ3) is 3.77. The molecular formula is C13H16ClN3S. The van der Waals surface area contributed by atoms with Gasteiger partial charge in [0, 0.05) is 23.8 Å². The third-order valence-corrected chi connectivity index (χ3v) is 3.85. The molecule has 1 heterocycles. The van der Waals surface area contributed by atoms with E-state index in [1.165, 1.54) is 17.3 Å². The number of H-pyrrole nitrogens is 1. The van der Waals surface area contributed by atoms with E-state index in [0.717, 1.165) is 34.6 Å². The monoisotopic (exact) mass is 281 g/mol. The van der Waals surface area contributed by atoms with Crippen molar-refractivity contribution >= 4 is 23.4 Å². The summed E-state index contributed by atoms with van der Waals surface area (Å²) in [6, 6.07) is 6.15. The molecule has 0 aliphatic carbocycles. The van der Waals surface area contributed by atoms with E-state index in [2.05, 4.69) is 28.3 Å². The second-order valence-electron chi connectivity index (χ2n) is 3.94. The van der Waals surface area contributed by atoms with Crippen molar-refractivity contribution in [2.24, 2.45) is 0 Å². The van der Waals surface area contributed by atoms with E-state index in [4.69, 9.17) is 11.6 Å². The van der Waals surface area contributed by atoms with Crippen molar-refractivity contribution in [1.82, 2.24) is 15.3 Å². The summed E-state index contributed by atoms with van der Waals surface area (Å²) in [6.45, 7) is 4.04. The fourth-order valence-electron chi connectivity index (χ4n) is 1.56. The van der Waals surface area contributed by atoms with Crippen molar-refractivity contribution < 1.29 is 0 Å². The molecule has 1 aromatic carbocycles. The van der Waals surface area contributed by atoms with Crippen molar-refractivity contribution in [3.8, 4) is 0 Å². The molecular weight excluding hydrogens is 266 g/mol. The van der Waals surface area contributed by atoms with Gasteiger partial charge in [-0.3, -0.25) is 0 Å². The number of aromatic nitrogens is 2. The molecule has 1 aromatic heterocycles. The highest BCUT2D eigenvalue weighted by atomic mass is 35.5. The summed E-state index contributed by atoms with van der Waals surface area (Å²) in [5, 5.41) is 4.99. The van der Waals surface area contributed by atoms with E-state index < -0.39 is 0 Å². The maximum atomic E-state index is 6.27. The number of nitrogens with one attached hydrogen (secondary N) is 2. The zero-order valence-corrected chi connectivity index (χ0v) is 11.8. The first-order chi connectivity index (χ1) is 8.79. The van der Waals surface area contributed by atoms with Gasteiger partial charge in [-0.25, -0.2) is 4.98 Å². The van der Waals surface area contributed by atoms with Crippen LogP contribution < -0.4 is 5.32 Å². The van der Waals surface area contributed by atoms with Gasteiger partial charge >= 0.3 is 0 Å². The summed E-state index contributed by atoms with van der Waals surface area (Å²) in [5.74, 6) is 0. The Labute approximate surface area is 116 Å². The van der Waals surface area contributed by atoms with Crippen LogP contribution in [-0.2, 0) is 6.54 Å². The van der Waals surface area contributed by atoms with Gasteiger partial charge in [0.1, 0.15) is 0 Å². The van der Waals surface area contributed by atoms with Gasteiger partial charge in [0.05, 0.1) is 5.02 Å². The van der Waals surface area contributed by atoms with Crippen LogP contribution >= 0.6 is 23.4 Å². The van der Waals surface area contributed by atoms with Gasteiger partial charge < -0.3 is 10.3 Å². The molecule has 0 aliphatic heterocycles. The number of nitrogens with zero attached hydrogens (tertiary/aromatic N) is 1. The van der Waals surface area contributed by atoms with Crippen LogP contribution in [0.4, 0.5) is 0 Å². The third-order valence-electron chi connectivity index (χ3n) is 2.43. The summed E-state index contributed by atoms with van der Waals surface area (Å²) in [4.78, 5) is 8.24. The van der Waals surface area contributed by atoms with Crippen molar-refractivity contribution in [2.75, 3.05) is 6.54 Å². The Balaban J connectivity index is 2.01. The molecule has 0 saturated heterocycles. The molecule has 2 N–H and O–H groups in total. The van der Waals surface area contributed by atoms with Crippen LogP contribution in [0.3, 0.4) is 0 Å². The minimum absolute atomic E-state index is 0.771. The normalized spacial score (nSPS) is 10.8. The van der Waals surface area contributed by atoms with Gasteiger partial charge in [-0.2, -0.15) is 0 Å². The topological polar surface area (TPSA) is 40.7 Å². The van der Waals surface area contributed by atoms with E-state index >= 15 is 0 Å². The second kappa shape index (κ2) is 6.83. The standard InChI is InChI=1S/C13H16ClN3S/c1-2-5-15-9-10-3-4-12(11(14)8-10)18-13-16-6-7-17-13/h3-4,6-8,15H,2,5,9H2,1H3,(H,16,17). The summed E-state index contributed by atoms with van der Waals surface area (Å²) in [5.41, 5.74) is 1.21. The smallest absolute Gasteiger partial charge is 0.170 e. The molecule has 0 atom stereocenters. The molecule has 0 aliphatic rings. The van der Waals surface area contributed by atoms with Gasteiger partial charge in [-0.15, -0.1) is 0 Å². The Kier molecular flexibility index (Phi) is 5.11. The van der Waals surface area contributed by atoms with Gasteiger partial charge in [0.15, 0.2) is 5.16 Å². The van der Waals surface area contributed by atoms with Crippen LogP contribution in [-0.4, -0.2) is 16.5 Å². The number of halogens is 1. The van der Waals surface area contributed by atoms with E-state index in [9.17, 15) is 0 Å². The lowest BCUT2D eigenvalue weighted by atomic mass is 10.2. The molecule has 0 unspecified atom stereocenters. The Morgan fingerprint density at radius 3 is 3.00 bits per heavy atom. The Hall–Kier alpha value is -0.970. The van der Waals surface area contributed by atoms with Crippen molar-refractivity contribution in [1.29, 1.82) is 0 Å². The lowest BCUT2D eigenvalue weighted by Crippen LogP contribution is -2.13. The van der Waals surface area contributed by atoms with Gasteiger partial charge in [0.25, 0.3) is 0 Å². The van der Waals surface area contributed by atoms with Crippen molar-refractivity contribution in [3.05, 3.63) is 41.2 Å². The van der Waals surface area contributed by atoms with Crippen LogP contribution in [0.1, 0.15) is 18.9 Å². The van der Waals surface area contributed by atoms with Crippen LogP contribution in [0.15, 0.2) is 40.6 Å². The summed E-state index contributed by atoms with van der Waals surface area (Å²) < 4.78 is 0. The van der Waals surface area contributed by atoms with E-state index in [0.29, 0.717) is 0 Å². The molecule has 0 radical (unpaired) electrons. The molecule has 18 heavy (non-hydrogen) atoms. The molecule has 5 heteroatoms. The Morgan fingerprint density at radius 2 is 2.33 bits per heavy atom. The highest BCUT2D eigenvalue weighted by Crippen LogP contribution is 2.31. The van der Waals surface area contributed by atoms with Gasteiger partial charge in [-0.1, -0.05) is 36.4 Å². The zero-order chi connectivity index (χ0) is 12.8.